The molecule has 4 rings (SSSR count). The van der Waals surface area contributed by atoms with Crippen LogP contribution in [-0.2, 0) is 9.59 Å². The molecule has 3 aromatic rings. The molecule has 1 fully saturated rings. The maximum absolute atomic E-state index is 13.0. The molecule has 0 spiro atoms. The molecule has 1 aliphatic heterocycles. The van der Waals surface area contributed by atoms with Crippen LogP contribution in [0.4, 0.5) is 11.5 Å². The summed E-state index contributed by atoms with van der Waals surface area (Å²) in [4.78, 5) is 42.3. The second kappa shape index (κ2) is 7.83. The highest BCUT2D eigenvalue weighted by Gasteiger charge is 2.47. The molecule has 0 saturated carbocycles. The van der Waals surface area contributed by atoms with E-state index in [-0.39, 0.29) is 22.8 Å². The number of nitro benzene ring substituents is 1. The van der Waals surface area contributed by atoms with Crippen molar-refractivity contribution in [2.24, 2.45) is 0 Å². The monoisotopic (exact) mass is 415 g/mol. The molecule has 1 N–H and O–H groups in total. The molecule has 0 bridgehead atoms. The first-order chi connectivity index (χ1) is 14.9. The van der Waals surface area contributed by atoms with E-state index < -0.39 is 22.7 Å². The van der Waals surface area contributed by atoms with E-state index in [1.54, 1.807) is 61.5 Å². The number of aliphatic hydroxyl groups excluding tert-OH is 1. The Morgan fingerprint density at radius 1 is 1.03 bits per heavy atom. The minimum absolute atomic E-state index is 0.153. The third-order valence-corrected chi connectivity index (χ3v) is 5.01. The molecule has 8 heteroatoms. The largest absolute Gasteiger partial charge is 0.507 e. The predicted molar refractivity (Wildman–Crippen MR) is 113 cm³/mol. The topological polar surface area (TPSA) is 114 Å². The van der Waals surface area contributed by atoms with E-state index >= 15 is 0 Å². The van der Waals surface area contributed by atoms with Gasteiger partial charge in [-0.05, 0) is 24.6 Å². The van der Waals surface area contributed by atoms with Crippen LogP contribution in [0, 0.1) is 17.0 Å². The number of hydrogen-bond donors (Lipinski definition) is 1. The van der Waals surface area contributed by atoms with Gasteiger partial charge in [-0.2, -0.15) is 0 Å². The molecule has 1 saturated heterocycles. The van der Waals surface area contributed by atoms with Crippen LogP contribution in [0.3, 0.4) is 0 Å². The number of non-ortho nitro benzene ring substituents is 1. The van der Waals surface area contributed by atoms with E-state index in [0.29, 0.717) is 16.8 Å². The number of amides is 1. The molecule has 8 nitrogen and oxygen atoms in total. The summed E-state index contributed by atoms with van der Waals surface area (Å²) in [7, 11) is 0. The first-order valence-corrected chi connectivity index (χ1v) is 9.43. The van der Waals surface area contributed by atoms with Gasteiger partial charge in [0.05, 0.1) is 16.5 Å². The van der Waals surface area contributed by atoms with E-state index in [4.69, 9.17) is 0 Å². The van der Waals surface area contributed by atoms with Crippen LogP contribution in [0.5, 0.6) is 0 Å². The van der Waals surface area contributed by atoms with Gasteiger partial charge >= 0.3 is 5.91 Å². The van der Waals surface area contributed by atoms with Crippen molar-refractivity contribution in [2.45, 2.75) is 13.0 Å². The van der Waals surface area contributed by atoms with Gasteiger partial charge in [0, 0.05) is 23.4 Å². The van der Waals surface area contributed by atoms with Crippen LogP contribution in [0.2, 0.25) is 0 Å². The number of anilines is 1. The molecule has 1 aromatic heterocycles. The highest BCUT2D eigenvalue weighted by Crippen LogP contribution is 2.42. The normalized spacial score (nSPS) is 17.7. The van der Waals surface area contributed by atoms with Gasteiger partial charge in [-0.3, -0.25) is 24.6 Å². The van der Waals surface area contributed by atoms with Crippen molar-refractivity contribution in [3.05, 3.63) is 105 Å². The van der Waals surface area contributed by atoms with Gasteiger partial charge in [-0.25, -0.2) is 4.98 Å². The average Bonchev–Trinajstić information content (AvgIpc) is 3.04. The summed E-state index contributed by atoms with van der Waals surface area (Å²) in [6, 6.07) is 17.9. The number of aliphatic hydroxyl groups is 1. The van der Waals surface area contributed by atoms with Gasteiger partial charge < -0.3 is 5.11 Å². The van der Waals surface area contributed by atoms with Gasteiger partial charge in [0.2, 0.25) is 0 Å². The minimum atomic E-state index is -1.07. The maximum atomic E-state index is 13.0. The van der Waals surface area contributed by atoms with Crippen molar-refractivity contribution in [1.82, 2.24) is 4.98 Å². The lowest BCUT2D eigenvalue weighted by Crippen LogP contribution is -2.30. The molecule has 2 heterocycles. The zero-order valence-corrected chi connectivity index (χ0v) is 16.4. The molecule has 1 atom stereocenters. The molecule has 0 radical (unpaired) electrons. The van der Waals surface area contributed by atoms with E-state index in [1.165, 1.54) is 23.1 Å². The SMILES string of the molecule is Cc1cccc(N2C(=O)C(=O)/C(=C(\O)c3ccccc3)C2c2cccc([N+](=O)[O-])c2)n1. The third-order valence-electron chi connectivity index (χ3n) is 5.01. The average molecular weight is 415 g/mol. The zero-order chi connectivity index (χ0) is 22.1. The van der Waals surface area contributed by atoms with Gasteiger partial charge in [0.1, 0.15) is 11.6 Å². The Labute approximate surface area is 177 Å². The van der Waals surface area contributed by atoms with Crippen LogP contribution in [-0.4, -0.2) is 26.7 Å². The smallest absolute Gasteiger partial charge is 0.301 e. The number of carbonyl (C=O) groups is 2. The fourth-order valence-electron chi connectivity index (χ4n) is 3.61. The van der Waals surface area contributed by atoms with Crippen LogP contribution in [0.1, 0.15) is 22.9 Å². The maximum Gasteiger partial charge on any atom is 0.301 e. The van der Waals surface area contributed by atoms with Crippen molar-refractivity contribution >= 4 is 29.0 Å². The summed E-state index contributed by atoms with van der Waals surface area (Å²) in [5.41, 5.74) is 0.947. The predicted octanol–water partition coefficient (Wildman–Crippen LogP) is 3.92. The van der Waals surface area contributed by atoms with E-state index in [9.17, 15) is 24.8 Å². The number of rotatable bonds is 4. The van der Waals surface area contributed by atoms with Crippen molar-refractivity contribution in [3.63, 3.8) is 0 Å². The number of hydrogen-bond acceptors (Lipinski definition) is 6. The quantitative estimate of drug-likeness (QED) is 0.227. The molecular weight excluding hydrogens is 398 g/mol. The summed E-state index contributed by atoms with van der Waals surface area (Å²) in [5, 5.41) is 22.3. The molecule has 2 aromatic carbocycles. The number of benzene rings is 2. The summed E-state index contributed by atoms with van der Waals surface area (Å²) >= 11 is 0. The highest BCUT2D eigenvalue weighted by molar-refractivity contribution is 6.51. The number of aryl methyl sites for hydroxylation is 1. The summed E-state index contributed by atoms with van der Waals surface area (Å²) in [5.74, 6) is -1.90. The number of nitro groups is 1. The molecule has 1 unspecified atom stereocenters. The Hall–Kier alpha value is -4.33. The van der Waals surface area contributed by atoms with Gasteiger partial charge in [-0.1, -0.05) is 48.5 Å². The zero-order valence-electron chi connectivity index (χ0n) is 16.4. The standard InChI is InChI=1S/C23H17N3O5/c1-14-7-5-12-18(24-14)25-20(16-10-6-11-17(13-16)26(30)31)19(22(28)23(25)29)21(27)15-8-3-2-4-9-15/h2-13,20,27H,1H3/b21-19-. The number of ketones is 1. The van der Waals surface area contributed by atoms with E-state index in [0.717, 1.165) is 0 Å². The Morgan fingerprint density at radius 3 is 2.42 bits per heavy atom. The Balaban J connectivity index is 1.98. The van der Waals surface area contributed by atoms with E-state index in [1.807, 2.05) is 0 Å². The number of nitrogens with zero attached hydrogens (tertiary/aromatic N) is 3. The summed E-state index contributed by atoms with van der Waals surface area (Å²) in [6.07, 6.45) is 0. The molecule has 1 amide bonds. The number of pyridine rings is 1. The number of Topliss-reactive ketones (excluding diaryl/α,β-unsaturated/α-hetero) is 1. The Morgan fingerprint density at radius 2 is 1.74 bits per heavy atom. The Bertz CT molecular complexity index is 1240. The van der Waals surface area contributed by atoms with Crippen molar-refractivity contribution in [3.8, 4) is 0 Å². The lowest BCUT2D eigenvalue weighted by Gasteiger charge is -2.24. The lowest BCUT2D eigenvalue weighted by molar-refractivity contribution is -0.384. The third kappa shape index (κ3) is 3.55. The molecule has 31 heavy (non-hydrogen) atoms. The molecular formula is C23H17N3O5. The molecule has 0 aliphatic carbocycles. The molecule has 1 aliphatic rings. The van der Waals surface area contributed by atoms with Crippen LogP contribution >= 0.6 is 0 Å². The first-order valence-electron chi connectivity index (χ1n) is 9.43. The van der Waals surface area contributed by atoms with Crippen molar-refractivity contribution < 1.29 is 19.6 Å². The van der Waals surface area contributed by atoms with Crippen molar-refractivity contribution in [2.75, 3.05) is 4.90 Å². The number of carbonyl (C=O) groups excluding carboxylic acids is 2. The fraction of sp³-hybridized carbons (Fsp3) is 0.0870. The number of aromatic nitrogens is 1. The lowest BCUT2D eigenvalue weighted by atomic mass is 9.95. The van der Waals surface area contributed by atoms with Gasteiger partial charge in [0.15, 0.2) is 0 Å². The second-order valence-electron chi connectivity index (χ2n) is 7.02. The first kappa shape index (κ1) is 20.0. The van der Waals surface area contributed by atoms with Gasteiger partial charge in [-0.15, -0.1) is 0 Å². The van der Waals surface area contributed by atoms with Crippen LogP contribution < -0.4 is 4.90 Å². The summed E-state index contributed by atoms with van der Waals surface area (Å²) in [6.45, 7) is 1.74. The fourth-order valence-corrected chi connectivity index (χ4v) is 3.61. The van der Waals surface area contributed by atoms with E-state index in [2.05, 4.69) is 4.98 Å². The molecule has 154 valence electrons. The highest BCUT2D eigenvalue weighted by atomic mass is 16.6. The summed E-state index contributed by atoms with van der Waals surface area (Å²) < 4.78 is 0. The van der Waals surface area contributed by atoms with Crippen LogP contribution in [0.25, 0.3) is 5.76 Å². The van der Waals surface area contributed by atoms with Crippen LogP contribution in [0.15, 0.2) is 78.4 Å². The minimum Gasteiger partial charge on any atom is -0.507 e. The second-order valence-corrected chi connectivity index (χ2v) is 7.02. The van der Waals surface area contributed by atoms with Gasteiger partial charge in [0.25, 0.3) is 11.5 Å². The Kier molecular flexibility index (Phi) is 5.04. The van der Waals surface area contributed by atoms with Crippen molar-refractivity contribution in [1.29, 1.82) is 0 Å².